The van der Waals surface area contributed by atoms with Crippen LogP contribution in [0, 0.1) is 12.8 Å². The van der Waals surface area contributed by atoms with Gasteiger partial charge in [0.1, 0.15) is 12.6 Å². The summed E-state index contributed by atoms with van der Waals surface area (Å²) >= 11 is 0. The van der Waals surface area contributed by atoms with Crippen LogP contribution in [-0.2, 0) is 14.3 Å². The first-order valence-corrected chi connectivity index (χ1v) is 10.6. The summed E-state index contributed by atoms with van der Waals surface area (Å²) in [4.78, 5) is 42.7. The summed E-state index contributed by atoms with van der Waals surface area (Å²) < 4.78 is 5.74. The number of nitrogens with one attached hydrogen (secondary N) is 1. The molecule has 2 atom stereocenters. The summed E-state index contributed by atoms with van der Waals surface area (Å²) in [5, 5.41) is 2.82. The number of hydrogen-bond acceptors (Lipinski definition) is 5. The second-order valence-electron chi connectivity index (χ2n) is 8.54. The van der Waals surface area contributed by atoms with E-state index in [-0.39, 0.29) is 24.5 Å². The molecule has 0 unspecified atom stereocenters. The minimum atomic E-state index is -0.640. The van der Waals surface area contributed by atoms with Crippen LogP contribution in [-0.4, -0.2) is 79.1 Å². The number of amides is 4. The van der Waals surface area contributed by atoms with Gasteiger partial charge in [0.25, 0.3) is 5.91 Å². The molecule has 2 heterocycles. The van der Waals surface area contributed by atoms with Crippen molar-refractivity contribution in [3.05, 3.63) is 29.8 Å². The van der Waals surface area contributed by atoms with E-state index in [0.29, 0.717) is 24.8 Å². The number of imide groups is 1. The Hall–Kier alpha value is -2.45. The van der Waals surface area contributed by atoms with Crippen molar-refractivity contribution in [1.82, 2.24) is 15.1 Å². The highest BCUT2D eigenvalue weighted by Crippen LogP contribution is 2.25. The summed E-state index contributed by atoms with van der Waals surface area (Å²) in [6.45, 7) is 11.4. The van der Waals surface area contributed by atoms with Crippen LogP contribution in [0.25, 0.3) is 0 Å². The van der Waals surface area contributed by atoms with Crippen molar-refractivity contribution in [1.29, 1.82) is 0 Å². The minimum Gasteiger partial charge on any atom is -0.374 e. The van der Waals surface area contributed by atoms with Crippen molar-refractivity contribution in [2.75, 3.05) is 44.2 Å². The van der Waals surface area contributed by atoms with Crippen LogP contribution in [0.5, 0.6) is 0 Å². The highest BCUT2D eigenvalue weighted by molar-refractivity contribution is 6.15. The third-order valence-corrected chi connectivity index (χ3v) is 5.43. The first-order chi connectivity index (χ1) is 14.3. The molecule has 4 amide bonds. The second-order valence-corrected chi connectivity index (χ2v) is 8.54. The molecule has 1 aromatic rings. The molecule has 0 bridgehead atoms. The molecule has 0 aliphatic carbocycles. The lowest BCUT2D eigenvalue weighted by molar-refractivity contribution is -0.132. The number of anilines is 1. The van der Waals surface area contributed by atoms with Gasteiger partial charge in [0, 0.05) is 31.9 Å². The number of aryl methyl sites for hydroxylation is 1. The fourth-order valence-corrected chi connectivity index (χ4v) is 3.92. The zero-order chi connectivity index (χ0) is 21.8. The highest BCUT2D eigenvalue weighted by atomic mass is 16.5. The molecule has 8 nitrogen and oxygen atoms in total. The Bertz CT molecular complexity index is 780. The molecule has 2 aliphatic rings. The van der Waals surface area contributed by atoms with Gasteiger partial charge in [-0.1, -0.05) is 31.5 Å². The Morgan fingerprint density at radius 3 is 2.60 bits per heavy atom. The number of carbonyl (C=O) groups is 3. The van der Waals surface area contributed by atoms with Crippen LogP contribution in [0.3, 0.4) is 0 Å². The molecule has 2 saturated heterocycles. The van der Waals surface area contributed by atoms with Gasteiger partial charge in [0.15, 0.2) is 0 Å². The normalized spacial score (nSPS) is 22.8. The van der Waals surface area contributed by atoms with Crippen LogP contribution in [0.1, 0.15) is 26.3 Å². The van der Waals surface area contributed by atoms with Gasteiger partial charge in [-0.15, -0.1) is 0 Å². The Morgan fingerprint density at radius 1 is 1.23 bits per heavy atom. The molecule has 164 valence electrons. The van der Waals surface area contributed by atoms with Crippen LogP contribution in [0.4, 0.5) is 10.5 Å². The van der Waals surface area contributed by atoms with Gasteiger partial charge in [-0.05, 0) is 31.9 Å². The molecule has 0 saturated carbocycles. The molecule has 1 N–H and O–H groups in total. The van der Waals surface area contributed by atoms with E-state index >= 15 is 0 Å². The fraction of sp³-hybridized carbons (Fsp3) is 0.591. The number of urea groups is 1. The van der Waals surface area contributed by atoms with Crippen molar-refractivity contribution >= 4 is 23.5 Å². The van der Waals surface area contributed by atoms with Gasteiger partial charge >= 0.3 is 6.03 Å². The largest absolute Gasteiger partial charge is 0.374 e. The molecule has 0 spiro atoms. The van der Waals surface area contributed by atoms with Crippen molar-refractivity contribution in [3.8, 4) is 0 Å². The molecule has 0 radical (unpaired) electrons. The number of carbonyl (C=O) groups excluding carboxylic acids is 3. The Labute approximate surface area is 178 Å². The maximum Gasteiger partial charge on any atom is 0.332 e. The predicted octanol–water partition coefficient (Wildman–Crippen LogP) is 1.63. The average Bonchev–Trinajstić information content (AvgIpc) is 2.90. The molecule has 3 rings (SSSR count). The molecule has 30 heavy (non-hydrogen) atoms. The fourth-order valence-electron chi connectivity index (χ4n) is 3.92. The van der Waals surface area contributed by atoms with E-state index in [0.717, 1.165) is 30.1 Å². The van der Waals surface area contributed by atoms with Gasteiger partial charge in [-0.25, -0.2) is 4.79 Å². The van der Waals surface area contributed by atoms with Crippen molar-refractivity contribution < 1.29 is 19.1 Å². The van der Waals surface area contributed by atoms with Gasteiger partial charge < -0.3 is 10.1 Å². The van der Waals surface area contributed by atoms with Crippen LogP contribution in [0.15, 0.2) is 24.3 Å². The van der Waals surface area contributed by atoms with Gasteiger partial charge in [0.2, 0.25) is 5.91 Å². The smallest absolute Gasteiger partial charge is 0.332 e. The molecule has 1 aromatic carbocycles. The second kappa shape index (κ2) is 9.57. The number of rotatable bonds is 7. The van der Waals surface area contributed by atoms with E-state index in [1.807, 2.05) is 31.2 Å². The molecule has 0 aromatic heterocycles. The van der Waals surface area contributed by atoms with Gasteiger partial charge in [0.05, 0.1) is 12.7 Å². The number of hydrogen-bond donors (Lipinski definition) is 1. The number of benzene rings is 1. The SMILES string of the molecule is Cc1ccc(N2C(=O)N(CC(=O)NC[C@@H]3CN(CC(C)C)CCO3)C(=O)[C@@H]2C)cc1. The van der Waals surface area contributed by atoms with E-state index < -0.39 is 12.1 Å². The maximum atomic E-state index is 12.8. The highest BCUT2D eigenvalue weighted by Gasteiger charge is 2.44. The topological polar surface area (TPSA) is 82.2 Å². The summed E-state index contributed by atoms with van der Waals surface area (Å²) in [6.07, 6.45) is -0.0885. The maximum absolute atomic E-state index is 12.8. The van der Waals surface area contributed by atoms with Gasteiger partial charge in [-0.2, -0.15) is 0 Å². The third-order valence-electron chi connectivity index (χ3n) is 5.43. The lowest BCUT2D eigenvalue weighted by atomic mass is 10.2. The standard InChI is InChI=1S/C22H32N4O4/c1-15(2)12-24-9-10-30-19(13-24)11-23-20(27)14-25-21(28)17(4)26(22(25)29)18-7-5-16(3)6-8-18/h5-8,15,17,19H,9-14H2,1-4H3,(H,23,27)/t17-,19+/m0/s1. The average molecular weight is 417 g/mol. The zero-order valence-corrected chi connectivity index (χ0v) is 18.3. The summed E-state index contributed by atoms with van der Waals surface area (Å²) in [6, 6.07) is 6.29. The zero-order valence-electron chi connectivity index (χ0n) is 18.3. The Morgan fingerprint density at radius 2 is 1.93 bits per heavy atom. The summed E-state index contributed by atoms with van der Waals surface area (Å²) in [5.41, 5.74) is 1.72. The van der Waals surface area contributed by atoms with E-state index in [1.165, 1.54) is 4.90 Å². The lowest BCUT2D eigenvalue weighted by Crippen LogP contribution is -2.50. The van der Waals surface area contributed by atoms with E-state index in [9.17, 15) is 14.4 Å². The predicted molar refractivity (Wildman–Crippen MR) is 114 cm³/mol. The van der Waals surface area contributed by atoms with Crippen molar-refractivity contribution in [2.45, 2.75) is 39.8 Å². The van der Waals surface area contributed by atoms with Crippen LogP contribution in [0.2, 0.25) is 0 Å². The summed E-state index contributed by atoms with van der Waals surface area (Å²) in [7, 11) is 0. The third kappa shape index (κ3) is 5.17. The first kappa shape index (κ1) is 22.2. The van der Waals surface area contributed by atoms with Crippen molar-refractivity contribution in [2.24, 2.45) is 5.92 Å². The van der Waals surface area contributed by atoms with Gasteiger partial charge in [-0.3, -0.25) is 24.3 Å². The van der Waals surface area contributed by atoms with E-state index in [4.69, 9.17) is 4.74 Å². The molecular formula is C22H32N4O4. The number of morpholine rings is 1. The minimum absolute atomic E-state index is 0.0885. The molecular weight excluding hydrogens is 384 g/mol. The Balaban J connectivity index is 1.54. The monoisotopic (exact) mass is 416 g/mol. The van der Waals surface area contributed by atoms with E-state index in [1.54, 1.807) is 6.92 Å². The molecule has 8 heteroatoms. The number of nitrogens with zero attached hydrogens (tertiary/aromatic N) is 3. The lowest BCUT2D eigenvalue weighted by Gasteiger charge is -2.34. The molecule has 2 fully saturated rings. The first-order valence-electron chi connectivity index (χ1n) is 10.6. The van der Waals surface area contributed by atoms with Crippen LogP contribution < -0.4 is 10.2 Å². The summed E-state index contributed by atoms with van der Waals surface area (Å²) in [5.74, 6) is -0.156. The van der Waals surface area contributed by atoms with Crippen molar-refractivity contribution in [3.63, 3.8) is 0 Å². The molecule has 2 aliphatic heterocycles. The number of ether oxygens (including phenoxy) is 1. The van der Waals surface area contributed by atoms with Crippen LogP contribution >= 0.6 is 0 Å². The van der Waals surface area contributed by atoms with E-state index in [2.05, 4.69) is 24.1 Å². The quantitative estimate of drug-likeness (QED) is 0.683. The Kier molecular flexibility index (Phi) is 7.10.